The molecule has 1 aromatic carbocycles. The molecular weight excluding hydrogens is 806 g/mol. The molecule has 10 nitrogen and oxygen atoms in total. The van der Waals surface area contributed by atoms with Crippen LogP contribution >= 0.6 is 11.6 Å². The van der Waals surface area contributed by atoms with Crippen molar-refractivity contribution in [3.05, 3.63) is 34.9 Å². The van der Waals surface area contributed by atoms with E-state index in [2.05, 4.69) is 10.6 Å². The van der Waals surface area contributed by atoms with E-state index in [0.29, 0.717) is 11.6 Å². The summed E-state index contributed by atoms with van der Waals surface area (Å²) in [5.74, 6) is -2.63. The number of carboxylic acids is 2. The standard InChI is InChI=1S/C15H20ClNO4.C14H25NO4.2Cs/c1-15(2,3)21-14(20)17-9-11(8-13(18)19)10-4-6-12(16)7-5-10;1-13(2,3)19-12(18)15-10-14(9-11(16)17)7-5-4-6-8-14;;/h4-7,11H,8-9H2,1-3H3,(H,17,20)(H,18,19);4-10H2,1-3H3,(H,15,18)(H,16,17);;/q;;2*+1/p-2/t11-;;;/m1.../s1. The van der Waals surface area contributed by atoms with Gasteiger partial charge >= 0.3 is 150 Å². The first-order chi connectivity index (χ1) is 18.4. The summed E-state index contributed by atoms with van der Waals surface area (Å²) in [4.78, 5) is 45.0. The molecule has 42 heavy (non-hydrogen) atoms. The summed E-state index contributed by atoms with van der Waals surface area (Å²) in [7, 11) is 0. The smallest absolute Gasteiger partial charge is 0.550 e. The van der Waals surface area contributed by atoms with E-state index in [9.17, 15) is 29.4 Å². The van der Waals surface area contributed by atoms with Crippen LogP contribution < -0.4 is 159 Å². The minimum atomic E-state index is -1.18. The Kier molecular flexibility index (Phi) is 23.5. The topological polar surface area (TPSA) is 157 Å². The maximum Gasteiger partial charge on any atom is 1.00 e. The van der Waals surface area contributed by atoms with Gasteiger partial charge in [0.25, 0.3) is 0 Å². The molecule has 1 fully saturated rings. The molecule has 0 heterocycles. The van der Waals surface area contributed by atoms with Gasteiger partial charge in [-0.2, -0.15) is 0 Å². The van der Waals surface area contributed by atoms with Crippen LogP contribution in [0.15, 0.2) is 24.3 Å². The second-order valence-corrected chi connectivity index (χ2v) is 12.6. The van der Waals surface area contributed by atoms with Gasteiger partial charge < -0.3 is 39.9 Å². The van der Waals surface area contributed by atoms with Gasteiger partial charge in [0, 0.05) is 36.0 Å². The van der Waals surface area contributed by atoms with E-state index in [0.717, 1.165) is 37.7 Å². The molecule has 0 aromatic heterocycles. The summed E-state index contributed by atoms with van der Waals surface area (Å²) in [6.45, 7) is 11.1. The fourth-order valence-corrected chi connectivity index (χ4v) is 4.49. The molecule has 0 aliphatic heterocycles. The predicted molar refractivity (Wildman–Crippen MR) is 147 cm³/mol. The van der Waals surface area contributed by atoms with Crippen molar-refractivity contribution in [2.75, 3.05) is 13.1 Å². The Bertz CT molecular complexity index is 989. The maximum atomic E-state index is 11.6. The van der Waals surface area contributed by atoms with E-state index in [4.69, 9.17) is 21.1 Å². The van der Waals surface area contributed by atoms with Crippen molar-refractivity contribution >= 4 is 35.7 Å². The van der Waals surface area contributed by atoms with Crippen LogP contribution in [0.1, 0.15) is 98.0 Å². The largest absolute Gasteiger partial charge is 1.00 e. The van der Waals surface area contributed by atoms with E-state index < -0.39 is 41.2 Å². The Balaban J connectivity index is 0. The average molecular weight is 849 g/mol. The number of halogens is 1. The molecule has 0 radical (unpaired) electrons. The van der Waals surface area contributed by atoms with Gasteiger partial charge in [-0.25, -0.2) is 9.59 Å². The zero-order valence-corrected chi connectivity index (χ0v) is 39.7. The number of alkyl carbamates (subject to hydrolysis) is 2. The average Bonchev–Trinajstić information content (AvgIpc) is 2.79. The van der Waals surface area contributed by atoms with Crippen molar-refractivity contribution < 1.29 is 177 Å². The first-order valence-electron chi connectivity index (χ1n) is 13.5. The molecule has 0 saturated heterocycles. The second-order valence-electron chi connectivity index (χ2n) is 12.2. The first-order valence-corrected chi connectivity index (χ1v) is 13.9. The van der Waals surface area contributed by atoms with Crippen LogP contribution in [0, 0.1) is 5.41 Å². The molecule has 1 aliphatic rings. The molecule has 1 saturated carbocycles. The van der Waals surface area contributed by atoms with Crippen molar-refractivity contribution in [3.63, 3.8) is 0 Å². The van der Waals surface area contributed by atoms with E-state index >= 15 is 0 Å². The fraction of sp³-hybridized carbons (Fsp3) is 0.655. The van der Waals surface area contributed by atoms with Gasteiger partial charge in [0.15, 0.2) is 0 Å². The van der Waals surface area contributed by atoms with Gasteiger partial charge in [-0.15, -0.1) is 0 Å². The third kappa shape index (κ3) is 21.8. The Hall–Kier alpha value is 1.09. The minimum Gasteiger partial charge on any atom is -0.550 e. The number of ether oxygens (including phenoxy) is 2. The predicted octanol–water partition coefficient (Wildman–Crippen LogP) is -2.30. The van der Waals surface area contributed by atoms with Crippen LogP contribution in [-0.4, -0.2) is 48.4 Å². The monoisotopic (exact) mass is 848 g/mol. The second kappa shape index (κ2) is 21.8. The molecule has 0 unspecified atom stereocenters. The molecule has 1 aromatic rings. The van der Waals surface area contributed by atoms with Gasteiger partial charge in [-0.05, 0) is 90.3 Å². The number of amides is 2. The van der Waals surface area contributed by atoms with Gasteiger partial charge in [-0.3, -0.25) is 0 Å². The molecule has 2 rings (SSSR count). The Morgan fingerprint density at radius 3 is 1.74 bits per heavy atom. The normalized spacial score (nSPS) is 14.7. The minimum absolute atomic E-state index is 0. The molecule has 2 N–H and O–H groups in total. The van der Waals surface area contributed by atoms with Crippen LogP contribution in [-0.2, 0) is 19.1 Å². The summed E-state index contributed by atoms with van der Waals surface area (Å²) >= 11 is 5.80. The molecule has 1 aliphatic carbocycles. The van der Waals surface area contributed by atoms with E-state index in [-0.39, 0.29) is 163 Å². The van der Waals surface area contributed by atoms with Gasteiger partial charge in [0.05, 0.1) is 0 Å². The molecular formula is C29H43ClCs2N2O8. The SMILES string of the molecule is CC(C)(C)OC(=O)NCC1(CC(=O)[O-])CCCCC1.CC(C)(C)OC(=O)NC[C@@H](CC(=O)[O-])c1ccc(Cl)cc1.[Cs+].[Cs+]. The number of carbonyl (C=O) groups excluding carboxylic acids is 4. The van der Waals surface area contributed by atoms with Crippen molar-refractivity contribution in [1.82, 2.24) is 10.6 Å². The third-order valence-electron chi connectivity index (χ3n) is 6.09. The Labute approximate surface area is 372 Å². The van der Waals surface area contributed by atoms with Gasteiger partial charge in [-0.1, -0.05) is 43.0 Å². The zero-order chi connectivity index (χ0) is 30.6. The molecule has 0 bridgehead atoms. The van der Waals surface area contributed by atoms with Crippen LogP contribution in [0.5, 0.6) is 0 Å². The summed E-state index contributed by atoms with van der Waals surface area (Å²) in [6, 6.07) is 6.80. The molecule has 2 amide bonds. The number of rotatable bonds is 9. The number of benzene rings is 1. The Morgan fingerprint density at radius 1 is 0.833 bits per heavy atom. The number of carbonyl (C=O) groups is 4. The summed E-state index contributed by atoms with van der Waals surface area (Å²) in [5.41, 5.74) is -0.750. The molecule has 13 heteroatoms. The van der Waals surface area contributed by atoms with Gasteiger partial charge in [0.1, 0.15) is 11.2 Å². The number of nitrogens with one attached hydrogen (secondary N) is 2. The number of hydrogen-bond donors (Lipinski definition) is 2. The maximum absolute atomic E-state index is 11.6. The molecule has 226 valence electrons. The van der Waals surface area contributed by atoms with Crippen LogP contribution in [0.4, 0.5) is 9.59 Å². The van der Waals surface area contributed by atoms with Crippen molar-refractivity contribution in [3.8, 4) is 0 Å². The number of hydrogen-bond acceptors (Lipinski definition) is 8. The number of aliphatic carboxylic acids is 2. The van der Waals surface area contributed by atoms with Crippen LogP contribution in [0.3, 0.4) is 0 Å². The third-order valence-corrected chi connectivity index (χ3v) is 6.34. The van der Waals surface area contributed by atoms with Crippen LogP contribution in [0.25, 0.3) is 0 Å². The van der Waals surface area contributed by atoms with Crippen molar-refractivity contribution in [2.45, 2.75) is 104 Å². The zero-order valence-electron chi connectivity index (χ0n) is 26.4. The molecule has 0 spiro atoms. The van der Waals surface area contributed by atoms with Crippen LogP contribution in [0.2, 0.25) is 5.02 Å². The van der Waals surface area contributed by atoms with Crippen molar-refractivity contribution in [1.29, 1.82) is 0 Å². The van der Waals surface area contributed by atoms with Gasteiger partial charge in [0.2, 0.25) is 0 Å². The summed E-state index contributed by atoms with van der Waals surface area (Å²) in [6.07, 6.45) is 3.50. The van der Waals surface area contributed by atoms with E-state index in [1.807, 2.05) is 0 Å². The van der Waals surface area contributed by atoms with E-state index in [1.54, 1.807) is 65.8 Å². The Morgan fingerprint density at radius 2 is 1.31 bits per heavy atom. The molecule has 1 atom stereocenters. The van der Waals surface area contributed by atoms with Crippen molar-refractivity contribution in [2.24, 2.45) is 5.41 Å². The quantitative estimate of drug-likeness (QED) is 0.281. The van der Waals surface area contributed by atoms with E-state index in [1.165, 1.54) is 0 Å². The summed E-state index contributed by atoms with van der Waals surface area (Å²) < 4.78 is 10.3. The fourth-order valence-electron chi connectivity index (χ4n) is 4.36. The number of carboxylic acid groups (broad SMARTS) is 2. The summed E-state index contributed by atoms with van der Waals surface area (Å²) in [5, 5.41) is 27.6. The first kappa shape index (κ1) is 45.2.